The Hall–Kier alpha value is -1.06. The van der Waals surface area contributed by atoms with E-state index in [0.717, 1.165) is 30.8 Å². The van der Waals surface area contributed by atoms with E-state index in [2.05, 4.69) is 18.9 Å². The number of likely N-dealkylation sites (tertiary alicyclic amines) is 1. The molecule has 106 valence electrons. The number of hydrogen-bond acceptors (Lipinski definition) is 3. The van der Waals surface area contributed by atoms with Crippen LogP contribution < -0.4 is 4.74 Å². The van der Waals surface area contributed by atoms with Crippen molar-refractivity contribution in [3.05, 3.63) is 29.8 Å². The van der Waals surface area contributed by atoms with Crippen LogP contribution in [0.1, 0.15) is 32.8 Å². The van der Waals surface area contributed by atoms with Crippen LogP contribution in [0.15, 0.2) is 24.3 Å². The van der Waals surface area contributed by atoms with Crippen molar-refractivity contribution >= 4 is 0 Å². The lowest BCUT2D eigenvalue weighted by Crippen LogP contribution is -2.47. The Labute approximate surface area is 116 Å². The quantitative estimate of drug-likeness (QED) is 0.910. The zero-order chi connectivity index (χ0) is 14.0. The topological polar surface area (TPSA) is 32.7 Å². The van der Waals surface area contributed by atoms with Gasteiger partial charge >= 0.3 is 0 Å². The molecule has 2 rings (SSSR count). The molecule has 1 aromatic rings. The third-order valence-electron chi connectivity index (χ3n) is 3.98. The summed E-state index contributed by atoms with van der Waals surface area (Å²) < 4.78 is 5.73. The Morgan fingerprint density at radius 1 is 1.42 bits per heavy atom. The average molecular weight is 263 g/mol. The maximum absolute atomic E-state index is 11.0. The molecule has 0 bridgehead atoms. The summed E-state index contributed by atoms with van der Waals surface area (Å²) in [6, 6.07) is 7.92. The maximum Gasteiger partial charge on any atom is 0.120 e. The van der Waals surface area contributed by atoms with Crippen LogP contribution in [0.25, 0.3) is 0 Å². The van der Waals surface area contributed by atoms with Crippen LogP contribution in [-0.4, -0.2) is 36.2 Å². The molecular weight excluding hydrogens is 238 g/mol. The first kappa shape index (κ1) is 14.4. The average Bonchev–Trinajstić information content (AvgIpc) is 2.34. The lowest BCUT2D eigenvalue weighted by molar-refractivity contribution is -0.0661. The van der Waals surface area contributed by atoms with E-state index >= 15 is 0 Å². The first-order valence-electron chi connectivity index (χ1n) is 7.10. The minimum atomic E-state index is -0.733. The number of piperidine rings is 1. The number of rotatable bonds is 3. The highest BCUT2D eigenvalue weighted by Crippen LogP contribution is 2.38. The summed E-state index contributed by atoms with van der Waals surface area (Å²) in [7, 11) is 2.11. The Morgan fingerprint density at radius 3 is 2.79 bits per heavy atom. The highest BCUT2D eigenvalue weighted by Gasteiger charge is 2.39. The maximum atomic E-state index is 11.0. The van der Waals surface area contributed by atoms with Crippen LogP contribution in [-0.2, 0) is 5.60 Å². The van der Waals surface area contributed by atoms with Gasteiger partial charge in [-0.25, -0.2) is 0 Å². The highest BCUT2D eigenvalue weighted by atomic mass is 16.5. The lowest BCUT2D eigenvalue weighted by atomic mass is 9.77. The van der Waals surface area contributed by atoms with Crippen molar-refractivity contribution in [3.8, 4) is 5.75 Å². The van der Waals surface area contributed by atoms with Crippen LogP contribution in [0.2, 0.25) is 0 Å². The molecule has 1 heterocycles. The number of ether oxygens (including phenoxy) is 1. The van der Waals surface area contributed by atoms with Crippen molar-refractivity contribution in [2.24, 2.45) is 5.92 Å². The van der Waals surface area contributed by atoms with Gasteiger partial charge in [0.15, 0.2) is 0 Å². The van der Waals surface area contributed by atoms with Gasteiger partial charge in [-0.1, -0.05) is 19.1 Å². The molecule has 1 fully saturated rings. The van der Waals surface area contributed by atoms with E-state index < -0.39 is 5.60 Å². The molecule has 1 aliphatic rings. The molecule has 0 saturated carbocycles. The molecule has 1 N–H and O–H groups in total. The molecule has 0 aliphatic carbocycles. The lowest BCUT2D eigenvalue weighted by Gasteiger charge is -2.42. The van der Waals surface area contributed by atoms with Crippen molar-refractivity contribution in [1.82, 2.24) is 4.90 Å². The van der Waals surface area contributed by atoms with Crippen LogP contribution in [0.4, 0.5) is 0 Å². The minimum absolute atomic E-state index is 0.153. The molecule has 3 nitrogen and oxygen atoms in total. The van der Waals surface area contributed by atoms with E-state index in [1.807, 2.05) is 38.1 Å². The molecule has 0 spiro atoms. The number of nitrogens with zero attached hydrogens (tertiary/aromatic N) is 1. The van der Waals surface area contributed by atoms with Gasteiger partial charge in [0.25, 0.3) is 0 Å². The zero-order valence-corrected chi connectivity index (χ0v) is 12.4. The summed E-state index contributed by atoms with van der Waals surface area (Å²) >= 11 is 0. The molecule has 2 atom stereocenters. The number of benzene rings is 1. The Morgan fingerprint density at radius 2 is 2.16 bits per heavy atom. The molecule has 0 radical (unpaired) electrons. The van der Waals surface area contributed by atoms with Crippen molar-refractivity contribution in [1.29, 1.82) is 0 Å². The van der Waals surface area contributed by atoms with Crippen LogP contribution in [0.5, 0.6) is 5.75 Å². The monoisotopic (exact) mass is 263 g/mol. The van der Waals surface area contributed by atoms with Gasteiger partial charge in [-0.05, 0) is 45.0 Å². The summed E-state index contributed by atoms with van der Waals surface area (Å²) in [5.41, 5.74) is 0.245. The standard InChI is InChI=1S/C16H25NO2/c1-12(2)19-15-7-5-6-14(10-15)16(18)8-9-17(4)11-13(16)3/h5-7,10,12-13,18H,8-9,11H2,1-4H3/t13-,16+/m0/s1. The Balaban J connectivity index is 2.25. The predicted molar refractivity (Wildman–Crippen MR) is 77.4 cm³/mol. The summed E-state index contributed by atoms with van der Waals surface area (Å²) in [5.74, 6) is 1.06. The summed E-state index contributed by atoms with van der Waals surface area (Å²) in [5, 5.41) is 11.0. The molecule has 0 unspecified atom stereocenters. The van der Waals surface area contributed by atoms with Crippen LogP contribution >= 0.6 is 0 Å². The zero-order valence-electron chi connectivity index (χ0n) is 12.4. The van der Waals surface area contributed by atoms with Gasteiger partial charge in [0.05, 0.1) is 11.7 Å². The SMILES string of the molecule is CC(C)Oc1cccc([C@@]2(O)CCN(C)C[C@@H]2C)c1. The van der Waals surface area contributed by atoms with E-state index in [4.69, 9.17) is 4.74 Å². The number of hydrogen-bond donors (Lipinski definition) is 1. The van der Waals surface area contributed by atoms with Crippen LogP contribution in [0, 0.1) is 5.92 Å². The third kappa shape index (κ3) is 3.10. The first-order chi connectivity index (χ1) is 8.91. The molecule has 3 heteroatoms. The second kappa shape index (κ2) is 5.51. The number of aliphatic hydroxyl groups is 1. The largest absolute Gasteiger partial charge is 0.491 e. The van der Waals surface area contributed by atoms with Gasteiger partial charge in [-0.2, -0.15) is 0 Å². The summed E-state index contributed by atoms with van der Waals surface area (Å²) in [6.07, 6.45) is 0.926. The Kier molecular flexibility index (Phi) is 4.16. The van der Waals surface area contributed by atoms with Gasteiger partial charge in [0, 0.05) is 19.0 Å². The Bertz CT molecular complexity index is 433. The van der Waals surface area contributed by atoms with E-state index in [-0.39, 0.29) is 12.0 Å². The van der Waals surface area contributed by atoms with Crippen molar-refractivity contribution in [3.63, 3.8) is 0 Å². The minimum Gasteiger partial charge on any atom is -0.491 e. The third-order valence-corrected chi connectivity index (χ3v) is 3.98. The predicted octanol–water partition coefficient (Wildman–Crippen LogP) is 2.63. The van der Waals surface area contributed by atoms with Crippen molar-refractivity contribution in [2.45, 2.75) is 38.9 Å². The molecular formula is C16H25NO2. The van der Waals surface area contributed by atoms with Crippen molar-refractivity contribution < 1.29 is 9.84 Å². The van der Waals surface area contributed by atoms with Gasteiger partial charge in [-0.15, -0.1) is 0 Å². The summed E-state index contributed by atoms with van der Waals surface area (Å²) in [6.45, 7) is 7.99. The van der Waals surface area contributed by atoms with Crippen LogP contribution in [0.3, 0.4) is 0 Å². The van der Waals surface area contributed by atoms with E-state index in [0.29, 0.717) is 0 Å². The fourth-order valence-electron chi connectivity index (χ4n) is 2.86. The first-order valence-corrected chi connectivity index (χ1v) is 7.10. The molecule has 0 amide bonds. The van der Waals surface area contributed by atoms with Gasteiger partial charge in [0.2, 0.25) is 0 Å². The van der Waals surface area contributed by atoms with Gasteiger partial charge in [0.1, 0.15) is 5.75 Å². The van der Waals surface area contributed by atoms with Crippen molar-refractivity contribution in [2.75, 3.05) is 20.1 Å². The molecule has 1 saturated heterocycles. The summed E-state index contributed by atoms with van der Waals surface area (Å²) in [4.78, 5) is 2.27. The molecule has 0 aromatic heterocycles. The van der Waals surface area contributed by atoms with E-state index in [1.54, 1.807) is 0 Å². The smallest absolute Gasteiger partial charge is 0.120 e. The molecule has 1 aliphatic heterocycles. The van der Waals surface area contributed by atoms with E-state index in [1.165, 1.54) is 0 Å². The fourth-order valence-corrected chi connectivity index (χ4v) is 2.86. The fraction of sp³-hybridized carbons (Fsp3) is 0.625. The second-order valence-corrected chi connectivity index (χ2v) is 6.03. The highest BCUT2D eigenvalue weighted by molar-refractivity contribution is 5.33. The van der Waals surface area contributed by atoms with Gasteiger partial charge in [-0.3, -0.25) is 0 Å². The molecule has 1 aromatic carbocycles. The normalized spacial score (nSPS) is 28.6. The van der Waals surface area contributed by atoms with E-state index in [9.17, 15) is 5.11 Å². The second-order valence-electron chi connectivity index (χ2n) is 6.03. The van der Waals surface area contributed by atoms with Gasteiger partial charge < -0.3 is 14.7 Å². The molecule has 19 heavy (non-hydrogen) atoms.